The van der Waals surface area contributed by atoms with Gasteiger partial charge in [0.15, 0.2) is 0 Å². The molecular weight excluding hydrogens is 360 g/mol. The third-order valence-electron chi connectivity index (χ3n) is 3.91. The summed E-state index contributed by atoms with van der Waals surface area (Å²) in [6.07, 6.45) is 1.19. The fourth-order valence-electron chi connectivity index (χ4n) is 2.63. The van der Waals surface area contributed by atoms with Crippen molar-refractivity contribution in [2.75, 3.05) is 5.32 Å². The maximum atomic E-state index is 12.2. The maximum absolute atomic E-state index is 12.2. The first-order chi connectivity index (χ1) is 13.3. The highest BCUT2D eigenvalue weighted by molar-refractivity contribution is 5.89. The molecule has 1 aromatic heterocycles. The van der Waals surface area contributed by atoms with E-state index in [1.54, 1.807) is 42.5 Å². The number of carbonyl (C=O) groups excluding carboxylic acids is 1. The third kappa shape index (κ3) is 4.07. The average Bonchev–Trinajstić information content (AvgIpc) is 2.62. The van der Waals surface area contributed by atoms with Gasteiger partial charge in [-0.25, -0.2) is 9.36 Å². The summed E-state index contributed by atoms with van der Waals surface area (Å²) in [5.74, 6) is -0.691. The molecule has 3 aromatic rings. The zero-order chi connectivity index (χ0) is 20.3. The van der Waals surface area contributed by atoms with E-state index < -0.39 is 17.1 Å². The molecular formula is C20H18N4O4. The van der Waals surface area contributed by atoms with Gasteiger partial charge in [-0.1, -0.05) is 12.1 Å². The largest absolute Gasteiger partial charge is 0.493 e. The van der Waals surface area contributed by atoms with Gasteiger partial charge in [-0.05, 0) is 48.9 Å². The van der Waals surface area contributed by atoms with E-state index in [9.17, 15) is 19.5 Å². The number of aromatic hydroxyl groups is 1. The van der Waals surface area contributed by atoms with Gasteiger partial charge in [0, 0.05) is 18.8 Å². The molecule has 0 unspecified atom stereocenters. The number of nitrogens with one attached hydrogen (secondary N) is 2. The van der Waals surface area contributed by atoms with Crippen molar-refractivity contribution < 1.29 is 9.90 Å². The SMILES string of the molecule is CC(=O)Nc1ccc(N=Cc2c(O)n(-c3cccc(C)c3)c(=O)[nH]c2=O)cc1. The van der Waals surface area contributed by atoms with Gasteiger partial charge in [-0.3, -0.25) is 19.6 Å². The first kappa shape index (κ1) is 18.8. The molecule has 0 atom stereocenters. The fraction of sp³-hybridized carbons (Fsp3) is 0.100. The Morgan fingerprint density at radius 3 is 2.54 bits per heavy atom. The number of aliphatic imine (C=N–C) groups is 1. The lowest BCUT2D eigenvalue weighted by Gasteiger charge is -2.10. The number of rotatable bonds is 4. The Morgan fingerprint density at radius 2 is 1.89 bits per heavy atom. The van der Waals surface area contributed by atoms with Crippen LogP contribution in [0.5, 0.6) is 5.88 Å². The molecule has 3 N–H and O–H groups in total. The van der Waals surface area contributed by atoms with Crippen molar-refractivity contribution in [1.29, 1.82) is 0 Å². The predicted octanol–water partition coefficient (Wildman–Crippen LogP) is 2.25. The summed E-state index contributed by atoms with van der Waals surface area (Å²) in [5, 5.41) is 13.2. The lowest BCUT2D eigenvalue weighted by Crippen LogP contribution is -2.31. The fourth-order valence-corrected chi connectivity index (χ4v) is 2.63. The van der Waals surface area contributed by atoms with E-state index in [-0.39, 0.29) is 11.5 Å². The zero-order valence-electron chi connectivity index (χ0n) is 15.3. The molecule has 0 saturated heterocycles. The Bertz CT molecular complexity index is 1170. The molecule has 142 valence electrons. The highest BCUT2D eigenvalue weighted by atomic mass is 16.3. The smallest absolute Gasteiger partial charge is 0.335 e. The van der Waals surface area contributed by atoms with Gasteiger partial charge in [0.25, 0.3) is 5.56 Å². The highest BCUT2D eigenvalue weighted by Gasteiger charge is 2.14. The van der Waals surface area contributed by atoms with Crippen molar-refractivity contribution >= 4 is 23.5 Å². The van der Waals surface area contributed by atoms with E-state index in [2.05, 4.69) is 15.3 Å². The van der Waals surface area contributed by atoms with E-state index in [1.807, 2.05) is 13.0 Å². The van der Waals surface area contributed by atoms with Crippen LogP contribution in [0.3, 0.4) is 0 Å². The van der Waals surface area contributed by atoms with Gasteiger partial charge in [0.05, 0.1) is 11.4 Å². The minimum absolute atomic E-state index is 0.146. The number of hydrogen-bond acceptors (Lipinski definition) is 5. The summed E-state index contributed by atoms with van der Waals surface area (Å²) in [5.41, 5.74) is 0.792. The topological polar surface area (TPSA) is 117 Å². The van der Waals surface area contributed by atoms with E-state index in [0.29, 0.717) is 17.1 Å². The number of hydrogen-bond donors (Lipinski definition) is 3. The molecule has 0 aliphatic heterocycles. The molecule has 0 saturated carbocycles. The normalized spacial score (nSPS) is 10.9. The van der Waals surface area contributed by atoms with Crippen molar-refractivity contribution in [3.8, 4) is 11.6 Å². The second-order valence-corrected chi connectivity index (χ2v) is 6.16. The molecule has 0 fully saturated rings. The second-order valence-electron chi connectivity index (χ2n) is 6.16. The van der Waals surface area contributed by atoms with Crippen LogP contribution >= 0.6 is 0 Å². The first-order valence-corrected chi connectivity index (χ1v) is 8.42. The Morgan fingerprint density at radius 1 is 1.18 bits per heavy atom. The molecule has 0 aliphatic carbocycles. The summed E-state index contributed by atoms with van der Waals surface area (Å²) in [4.78, 5) is 41.7. The number of aryl methyl sites for hydroxylation is 1. The summed E-state index contributed by atoms with van der Waals surface area (Å²) >= 11 is 0. The van der Waals surface area contributed by atoms with Gasteiger partial charge >= 0.3 is 5.69 Å². The minimum atomic E-state index is -0.745. The summed E-state index contributed by atoms with van der Waals surface area (Å²) in [7, 11) is 0. The van der Waals surface area contributed by atoms with Crippen LogP contribution in [-0.2, 0) is 4.79 Å². The summed E-state index contributed by atoms with van der Waals surface area (Å²) < 4.78 is 1.01. The lowest BCUT2D eigenvalue weighted by atomic mass is 10.2. The van der Waals surface area contributed by atoms with E-state index in [1.165, 1.54) is 13.1 Å². The van der Waals surface area contributed by atoms with E-state index in [4.69, 9.17) is 0 Å². The summed E-state index contributed by atoms with van der Waals surface area (Å²) in [6.45, 7) is 3.26. The van der Waals surface area contributed by atoms with E-state index >= 15 is 0 Å². The first-order valence-electron chi connectivity index (χ1n) is 8.42. The molecule has 8 heteroatoms. The van der Waals surface area contributed by atoms with Crippen LogP contribution in [-0.4, -0.2) is 26.8 Å². The van der Waals surface area contributed by atoms with Gasteiger partial charge in [0.2, 0.25) is 11.8 Å². The quantitative estimate of drug-likeness (QED) is 0.604. The number of benzene rings is 2. The lowest BCUT2D eigenvalue weighted by molar-refractivity contribution is -0.114. The number of H-pyrrole nitrogens is 1. The number of amides is 1. The van der Waals surface area contributed by atoms with Crippen LogP contribution in [0.25, 0.3) is 5.69 Å². The van der Waals surface area contributed by atoms with Gasteiger partial charge in [-0.2, -0.15) is 0 Å². The molecule has 1 heterocycles. The number of aromatic amines is 1. The summed E-state index contributed by atoms with van der Waals surface area (Å²) in [6, 6.07) is 13.6. The van der Waals surface area contributed by atoms with Crippen LogP contribution in [0.2, 0.25) is 0 Å². The maximum Gasteiger partial charge on any atom is 0.335 e. The number of anilines is 1. The Kier molecular flexibility index (Phi) is 5.21. The molecule has 1 amide bonds. The zero-order valence-corrected chi connectivity index (χ0v) is 15.3. The standard InChI is InChI=1S/C20H18N4O4/c1-12-4-3-5-16(10-12)24-19(27)17(18(26)23-20(24)28)11-21-14-6-8-15(9-7-14)22-13(2)25/h3-11,27H,1-2H3,(H,22,25)(H,23,26,28). The van der Waals surface area contributed by atoms with E-state index in [0.717, 1.165) is 10.1 Å². The molecule has 28 heavy (non-hydrogen) atoms. The molecule has 0 aliphatic rings. The van der Waals surface area contributed by atoms with Crippen molar-refractivity contribution in [2.45, 2.75) is 13.8 Å². The van der Waals surface area contributed by atoms with Gasteiger partial charge in [-0.15, -0.1) is 0 Å². The van der Waals surface area contributed by atoms with Crippen LogP contribution in [0.4, 0.5) is 11.4 Å². The highest BCUT2D eigenvalue weighted by Crippen LogP contribution is 2.19. The average molecular weight is 378 g/mol. The molecule has 0 bridgehead atoms. The second kappa shape index (κ2) is 7.75. The van der Waals surface area contributed by atoms with Crippen molar-refractivity contribution in [1.82, 2.24) is 9.55 Å². The van der Waals surface area contributed by atoms with Gasteiger partial charge in [0.1, 0.15) is 5.56 Å². The van der Waals surface area contributed by atoms with Crippen LogP contribution < -0.4 is 16.6 Å². The van der Waals surface area contributed by atoms with Crippen LogP contribution in [0, 0.1) is 6.92 Å². The number of nitrogens with zero attached hydrogens (tertiary/aromatic N) is 2. The van der Waals surface area contributed by atoms with Gasteiger partial charge < -0.3 is 10.4 Å². The molecule has 3 rings (SSSR count). The molecule has 2 aromatic carbocycles. The molecule has 0 radical (unpaired) electrons. The van der Waals surface area contributed by atoms with Crippen molar-refractivity contribution in [2.24, 2.45) is 4.99 Å². The Balaban J connectivity index is 1.99. The minimum Gasteiger partial charge on any atom is -0.493 e. The predicted molar refractivity (Wildman–Crippen MR) is 107 cm³/mol. The monoisotopic (exact) mass is 378 g/mol. The van der Waals surface area contributed by atoms with Crippen molar-refractivity contribution in [3.05, 3.63) is 80.5 Å². The van der Waals surface area contributed by atoms with Crippen LogP contribution in [0.15, 0.2) is 63.1 Å². The molecule has 8 nitrogen and oxygen atoms in total. The number of carbonyl (C=O) groups is 1. The Labute approximate surface area is 159 Å². The molecule has 0 spiro atoms. The van der Waals surface area contributed by atoms with Crippen molar-refractivity contribution in [3.63, 3.8) is 0 Å². The third-order valence-corrected chi connectivity index (χ3v) is 3.91. The Hall–Kier alpha value is -3.94. The van der Waals surface area contributed by atoms with Crippen LogP contribution in [0.1, 0.15) is 18.1 Å². The number of aromatic nitrogens is 2.